The normalized spacial score (nSPS) is 22.2. The van der Waals surface area contributed by atoms with Gasteiger partial charge in [0.2, 0.25) is 11.8 Å². The molecule has 140 valence electrons. The van der Waals surface area contributed by atoms with Crippen molar-refractivity contribution < 1.29 is 14.4 Å². The number of likely N-dealkylation sites (tertiary alicyclic amines) is 1. The molecule has 0 spiro atoms. The van der Waals surface area contributed by atoms with E-state index < -0.39 is 6.04 Å². The molecule has 1 aliphatic heterocycles. The van der Waals surface area contributed by atoms with Crippen LogP contribution in [0.4, 0.5) is 0 Å². The van der Waals surface area contributed by atoms with Gasteiger partial charge in [0.15, 0.2) is 0 Å². The minimum Gasteiger partial charge on any atom is -0.347 e. The van der Waals surface area contributed by atoms with Crippen LogP contribution in [-0.2, 0) is 9.59 Å². The summed E-state index contributed by atoms with van der Waals surface area (Å²) in [5, 5.41) is 2.97. The zero-order chi connectivity index (χ0) is 18.7. The summed E-state index contributed by atoms with van der Waals surface area (Å²) in [4.78, 5) is 45.3. The van der Waals surface area contributed by atoms with Crippen molar-refractivity contribution in [2.75, 3.05) is 19.6 Å². The predicted octanol–water partition coefficient (Wildman–Crippen LogP) is 1.06. The topological polar surface area (TPSA) is 82.6 Å². The Kier molecular flexibility index (Phi) is 5.54. The van der Waals surface area contributed by atoms with Gasteiger partial charge in [-0.2, -0.15) is 0 Å². The van der Waals surface area contributed by atoms with Gasteiger partial charge in [-0.05, 0) is 45.2 Å². The third kappa shape index (κ3) is 3.86. The SMILES string of the molecule is CCN(CC)C(=O)[C@@H]1C[C@H](NC(=O)c2ccncc2)CN1C(=O)C1CC1. The Labute approximate surface area is 153 Å². The monoisotopic (exact) mass is 358 g/mol. The number of amides is 3. The molecule has 26 heavy (non-hydrogen) atoms. The average Bonchev–Trinajstić information content (AvgIpc) is 3.43. The lowest BCUT2D eigenvalue weighted by molar-refractivity contribution is -0.144. The molecule has 1 N–H and O–H groups in total. The summed E-state index contributed by atoms with van der Waals surface area (Å²) in [5.74, 6) is -0.121. The smallest absolute Gasteiger partial charge is 0.251 e. The number of hydrogen-bond acceptors (Lipinski definition) is 4. The van der Waals surface area contributed by atoms with Crippen LogP contribution in [0.3, 0.4) is 0 Å². The van der Waals surface area contributed by atoms with E-state index in [4.69, 9.17) is 0 Å². The minimum absolute atomic E-state index is 0.0235. The van der Waals surface area contributed by atoms with E-state index in [2.05, 4.69) is 10.3 Å². The van der Waals surface area contributed by atoms with Gasteiger partial charge in [0.1, 0.15) is 6.04 Å². The van der Waals surface area contributed by atoms with Gasteiger partial charge in [-0.3, -0.25) is 19.4 Å². The van der Waals surface area contributed by atoms with Crippen LogP contribution >= 0.6 is 0 Å². The fraction of sp³-hybridized carbons (Fsp3) is 0.579. The predicted molar refractivity (Wildman–Crippen MR) is 96.3 cm³/mol. The van der Waals surface area contributed by atoms with E-state index in [0.717, 1.165) is 12.8 Å². The van der Waals surface area contributed by atoms with Gasteiger partial charge in [-0.15, -0.1) is 0 Å². The summed E-state index contributed by atoms with van der Waals surface area (Å²) in [6.45, 7) is 5.50. The third-order valence-electron chi connectivity index (χ3n) is 5.15. The first kappa shape index (κ1) is 18.4. The van der Waals surface area contributed by atoms with Gasteiger partial charge < -0.3 is 15.1 Å². The molecule has 2 atom stereocenters. The maximum Gasteiger partial charge on any atom is 0.251 e. The van der Waals surface area contributed by atoms with Crippen molar-refractivity contribution in [1.29, 1.82) is 0 Å². The van der Waals surface area contributed by atoms with E-state index in [1.165, 1.54) is 0 Å². The largest absolute Gasteiger partial charge is 0.347 e. The van der Waals surface area contributed by atoms with Crippen molar-refractivity contribution >= 4 is 17.7 Å². The van der Waals surface area contributed by atoms with Crippen LogP contribution in [0.2, 0.25) is 0 Å². The molecule has 1 aliphatic carbocycles. The first-order chi connectivity index (χ1) is 12.5. The average molecular weight is 358 g/mol. The highest BCUT2D eigenvalue weighted by Gasteiger charge is 2.45. The molecule has 2 aliphatic rings. The standard InChI is InChI=1S/C19H26N4O3/c1-3-22(4-2)19(26)16-11-15(12-23(16)18(25)14-5-6-14)21-17(24)13-7-9-20-10-8-13/h7-10,14-16H,3-6,11-12H2,1-2H3,(H,21,24)/t15-,16-/m0/s1. The number of nitrogens with one attached hydrogen (secondary N) is 1. The maximum atomic E-state index is 12.9. The summed E-state index contributed by atoms with van der Waals surface area (Å²) in [7, 11) is 0. The highest BCUT2D eigenvalue weighted by Crippen LogP contribution is 2.34. The Balaban J connectivity index is 1.72. The number of carbonyl (C=O) groups is 3. The van der Waals surface area contributed by atoms with Crippen LogP contribution in [0.5, 0.6) is 0 Å². The summed E-state index contributed by atoms with van der Waals surface area (Å²) in [5.41, 5.74) is 0.526. The van der Waals surface area contributed by atoms with Crippen LogP contribution in [0, 0.1) is 5.92 Å². The Morgan fingerprint density at radius 2 is 1.85 bits per heavy atom. The highest BCUT2D eigenvalue weighted by molar-refractivity contribution is 5.95. The van der Waals surface area contributed by atoms with Gasteiger partial charge in [0, 0.05) is 49.6 Å². The van der Waals surface area contributed by atoms with Crippen LogP contribution < -0.4 is 5.32 Å². The molecule has 1 aromatic rings. The molecule has 1 saturated carbocycles. The number of hydrogen-bond donors (Lipinski definition) is 1. The van der Waals surface area contributed by atoms with Gasteiger partial charge in [0.05, 0.1) is 0 Å². The summed E-state index contributed by atoms with van der Waals surface area (Å²) in [6, 6.07) is 2.60. The second-order valence-electron chi connectivity index (χ2n) is 6.93. The second-order valence-corrected chi connectivity index (χ2v) is 6.93. The van der Waals surface area contributed by atoms with E-state index in [-0.39, 0.29) is 29.7 Å². The van der Waals surface area contributed by atoms with E-state index in [9.17, 15) is 14.4 Å². The summed E-state index contributed by atoms with van der Waals surface area (Å²) in [6.07, 6.45) is 5.40. The molecule has 7 heteroatoms. The van der Waals surface area contributed by atoms with Crippen molar-refractivity contribution in [2.24, 2.45) is 5.92 Å². The minimum atomic E-state index is -0.481. The molecule has 2 fully saturated rings. The number of rotatable bonds is 6. The Hall–Kier alpha value is -2.44. The van der Waals surface area contributed by atoms with Crippen molar-refractivity contribution in [3.05, 3.63) is 30.1 Å². The van der Waals surface area contributed by atoms with Gasteiger partial charge in [0.25, 0.3) is 5.91 Å². The molecule has 0 aromatic carbocycles. The van der Waals surface area contributed by atoms with Crippen LogP contribution in [0.15, 0.2) is 24.5 Å². The number of aromatic nitrogens is 1. The lowest BCUT2D eigenvalue weighted by Gasteiger charge is -2.28. The first-order valence-electron chi connectivity index (χ1n) is 9.35. The maximum absolute atomic E-state index is 12.9. The lowest BCUT2D eigenvalue weighted by Crippen LogP contribution is -2.48. The zero-order valence-corrected chi connectivity index (χ0v) is 15.4. The van der Waals surface area contributed by atoms with E-state index in [0.29, 0.717) is 31.6 Å². The zero-order valence-electron chi connectivity index (χ0n) is 15.4. The van der Waals surface area contributed by atoms with Crippen molar-refractivity contribution in [2.45, 2.75) is 45.2 Å². The Morgan fingerprint density at radius 3 is 2.42 bits per heavy atom. The molecule has 3 rings (SSSR count). The van der Waals surface area contributed by atoms with Crippen molar-refractivity contribution in [3.8, 4) is 0 Å². The van der Waals surface area contributed by atoms with Crippen LogP contribution in [0.25, 0.3) is 0 Å². The second kappa shape index (κ2) is 7.85. The number of carbonyl (C=O) groups excluding carboxylic acids is 3. The van der Waals surface area contributed by atoms with Crippen LogP contribution in [0.1, 0.15) is 43.5 Å². The molecule has 0 bridgehead atoms. The molecule has 1 saturated heterocycles. The van der Waals surface area contributed by atoms with E-state index in [1.807, 2.05) is 13.8 Å². The number of pyridine rings is 1. The molecular formula is C19H26N4O3. The summed E-state index contributed by atoms with van der Waals surface area (Å²) < 4.78 is 0. The molecule has 2 heterocycles. The fourth-order valence-electron chi connectivity index (χ4n) is 3.50. The quantitative estimate of drug-likeness (QED) is 0.824. The van der Waals surface area contributed by atoms with Gasteiger partial charge in [-0.1, -0.05) is 0 Å². The highest BCUT2D eigenvalue weighted by atomic mass is 16.2. The molecule has 7 nitrogen and oxygen atoms in total. The molecule has 1 aromatic heterocycles. The molecule has 0 radical (unpaired) electrons. The number of likely N-dealkylation sites (N-methyl/N-ethyl adjacent to an activating group) is 1. The molecular weight excluding hydrogens is 332 g/mol. The molecule has 3 amide bonds. The van der Waals surface area contributed by atoms with Crippen LogP contribution in [-0.4, -0.2) is 64.2 Å². The van der Waals surface area contributed by atoms with Crippen molar-refractivity contribution in [3.63, 3.8) is 0 Å². The lowest BCUT2D eigenvalue weighted by atomic mass is 10.1. The summed E-state index contributed by atoms with van der Waals surface area (Å²) >= 11 is 0. The number of nitrogens with zero attached hydrogens (tertiary/aromatic N) is 3. The first-order valence-corrected chi connectivity index (χ1v) is 9.35. The Morgan fingerprint density at radius 1 is 1.19 bits per heavy atom. The third-order valence-corrected chi connectivity index (χ3v) is 5.15. The van der Waals surface area contributed by atoms with Gasteiger partial charge >= 0.3 is 0 Å². The van der Waals surface area contributed by atoms with E-state index in [1.54, 1.807) is 34.3 Å². The van der Waals surface area contributed by atoms with E-state index >= 15 is 0 Å². The Bertz CT molecular complexity index is 671. The van der Waals surface area contributed by atoms with Gasteiger partial charge in [-0.25, -0.2) is 0 Å². The van der Waals surface area contributed by atoms with Crippen molar-refractivity contribution in [1.82, 2.24) is 20.1 Å². The molecule has 0 unspecified atom stereocenters. The fourth-order valence-corrected chi connectivity index (χ4v) is 3.50.